The van der Waals surface area contributed by atoms with Crippen molar-refractivity contribution in [1.29, 1.82) is 0 Å². The summed E-state index contributed by atoms with van der Waals surface area (Å²) in [5.74, 6) is 0. The van der Waals surface area contributed by atoms with Gasteiger partial charge in [0.25, 0.3) is 0 Å². The third kappa shape index (κ3) is 4.97. The van der Waals surface area contributed by atoms with Crippen LogP contribution in [0.25, 0.3) is 0 Å². The third-order valence-corrected chi connectivity index (χ3v) is 4.40. The molecule has 0 saturated carbocycles. The van der Waals surface area contributed by atoms with E-state index in [1.165, 1.54) is 10.6 Å². The van der Waals surface area contributed by atoms with Gasteiger partial charge >= 0.3 is 0 Å². The van der Waals surface area contributed by atoms with Crippen LogP contribution in [0, 0.1) is 0 Å². The molecular weight excluding hydrogens is 320 g/mol. The smallest absolute Gasteiger partial charge is 0.0341 e. The highest BCUT2D eigenvalue weighted by atomic mass is 79.9. The molecule has 1 heterocycles. The molecule has 0 amide bonds. The molecule has 2 aromatic rings. The van der Waals surface area contributed by atoms with E-state index in [4.69, 9.17) is 0 Å². The number of nitrogens with one attached hydrogen (secondary N) is 1. The van der Waals surface area contributed by atoms with E-state index in [9.17, 15) is 0 Å². The Labute approximate surface area is 127 Å². The van der Waals surface area contributed by atoms with Crippen molar-refractivity contribution in [3.8, 4) is 0 Å². The Balaban J connectivity index is 1.75. The van der Waals surface area contributed by atoms with Gasteiger partial charge in [-0.2, -0.15) is 0 Å². The molecule has 0 fully saturated rings. The monoisotopic (exact) mass is 338 g/mol. The van der Waals surface area contributed by atoms with Gasteiger partial charge in [0, 0.05) is 34.7 Å². The molecule has 1 aromatic carbocycles. The van der Waals surface area contributed by atoms with Crippen molar-refractivity contribution in [2.24, 2.45) is 0 Å². The summed E-state index contributed by atoms with van der Waals surface area (Å²) in [4.78, 5) is 3.89. The first-order chi connectivity index (χ1) is 9.28. The lowest BCUT2D eigenvalue weighted by atomic mass is 10.3. The van der Waals surface area contributed by atoms with Crippen molar-refractivity contribution >= 4 is 33.0 Å². The molecule has 1 N–H and O–H groups in total. The van der Waals surface area contributed by atoms with Crippen molar-refractivity contribution in [1.82, 2.24) is 4.90 Å². The van der Waals surface area contributed by atoms with E-state index in [1.54, 1.807) is 0 Å². The van der Waals surface area contributed by atoms with Crippen LogP contribution in [0.15, 0.2) is 46.3 Å². The Morgan fingerprint density at radius 1 is 1.21 bits per heavy atom. The van der Waals surface area contributed by atoms with Crippen LogP contribution in [0.3, 0.4) is 0 Å². The molecule has 1 aromatic heterocycles. The first-order valence-electron chi connectivity index (χ1n) is 6.52. The van der Waals surface area contributed by atoms with Gasteiger partial charge in [-0.05, 0) is 42.3 Å². The number of thiophene rings is 1. The Morgan fingerprint density at radius 2 is 2.00 bits per heavy atom. The molecule has 0 aliphatic rings. The van der Waals surface area contributed by atoms with Crippen molar-refractivity contribution in [3.05, 3.63) is 51.1 Å². The van der Waals surface area contributed by atoms with Gasteiger partial charge in [0.1, 0.15) is 0 Å². The first-order valence-corrected chi connectivity index (χ1v) is 8.19. The third-order valence-electron chi connectivity index (χ3n) is 3.01. The van der Waals surface area contributed by atoms with Crippen molar-refractivity contribution in [2.45, 2.75) is 13.5 Å². The molecule has 0 spiro atoms. The van der Waals surface area contributed by atoms with Gasteiger partial charge in [-0.15, -0.1) is 11.3 Å². The van der Waals surface area contributed by atoms with Crippen LogP contribution in [0.4, 0.5) is 5.69 Å². The molecule has 0 unspecified atom stereocenters. The minimum Gasteiger partial charge on any atom is -0.384 e. The standard InChI is InChI=1S/C15H19BrN2S/c1-2-18(12-15-4-3-11-19-15)10-9-17-14-7-5-13(16)6-8-14/h3-8,11,17H,2,9-10,12H2,1H3. The average Bonchev–Trinajstić information content (AvgIpc) is 2.93. The summed E-state index contributed by atoms with van der Waals surface area (Å²) >= 11 is 5.28. The van der Waals surface area contributed by atoms with Gasteiger partial charge in [0.2, 0.25) is 0 Å². The molecule has 0 aliphatic heterocycles. The lowest BCUT2D eigenvalue weighted by molar-refractivity contribution is 0.294. The molecule has 0 radical (unpaired) electrons. The van der Waals surface area contributed by atoms with Crippen LogP contribution >= 0.6 is 27.3 Å². The van der Waals surface area contributed by atoms with Gasteiger partial charge in [-0.1, -0.05) is 28.9 Å². The second-order valence-corrected chi connectivity index (χ2v) is 6.33. The number of nitrogens with zero attached hydrogens (tertiary/aromatic N) is 1. The Kier molecular flexibility index (Phi) is 5.89. The largest absolute Gasteiger partial charge is 0.384 e. The fraction of sp³-hybridized carbons (Fsp3) is 0.333. The number of hydrogen-bond acceptors (Lipinski definition) is 3. The highest BCUT2D eigenvalue weighted by Crippen LogP contribution is 2.14. The number of hydrogen-bond donors (Lipinski definition) is 1. The van der Waals surface area contributed by atoms with Gasteiger partial charge in [-0.25, -0.2) is 0 Å². The summed E-state index contributed by atoms with van der Waals surface area (Å²) in [5, 5.41) is 5.60. The number of likely N-dealkylation sites (N-methyl/N-ethyl adjacent to an activating group) is 1. The van der Waals surface area contributed by atoms with Gasteiger partial charge < -0.3 is 5.32 Å². The highest BCUT2D eigenvalue weighted by molar-refractivity contribution is 9.10. The van der Waals surface area contributed by atoms with Gasteiger partial charge in [0.05, 0.1) is 0 Å². The minimum absolute atomic E-state index is 0.973. The topological polar surface area (TPSA) is 15.3 Å². The molecule has 2 nitrogen and oxygen atoms in total. The van der Waals surface area contributed by atoms with Crippen LogP contribution in [0.2, 0.25) is 0 Å². The summed E-state index contributed by atoms with van der Waals surface area (Å²) in [6.07, 6.45) is 0. The van der Waals surface area contributed by atoms with E-state index in [2.05, 4.69) is 74.8 Å². The van der Waals surface area contributed by atoms with Gasteiger partial charge in [-0.3, -0.25) is 4.90 Å². The van der Waals surface area contributed by atoms with Crippen LogP contribution in [0.1, 0.15) is 11.8 Å². The molecule has 0 atom stereocenters. The van der Waals surface area contributed by atoms with E-state index >= 15 is 0 Å². The number of halogens is 1. The highest BCUT2D eigenvalue weighted by Gasteiger charge is 2.04. The van der Waals surface area contributed by atoms with E-state index in [1.807, 2.05) is 11.3 Å². The van der Waals surface area contributed by atoms with Crippen molar-refractivity contribution in [3.63, 3.8) is 0 Å². The fourth-order valence-electron chi connectivity index (χ4n) is 1.90. The zero-order chi connectivity index (χ0) is 13.5. The predicted octanol–water partition coefficient (Wildman–Crippen LogP) is 4.44. The van der Waals surface area contributed by atoms with Crippen LogP contribution in [-0.2, 0) is 6.54 Å². The molecule has 19 heavy (non-hydrogen) atoms. The molecule has 4 heteroatoms. The quantitative estimate of drug-likeness (QED) is 0.802. The van der Waals surface area contributed by atoms with Crippen LogP contribution < -0.4 is 5.32 Å². The minimum atomic E-state index is 0.973. The zero-order valence-electron chi connectivity index (χ0n) is 11.1. The number of benzene rings is 1. The SMILES string of the molecule is CCN(CCNc1ccc(Br)cc1)Cc1cccs1. The summed E-state index contributed by atoms with van der Waals surface area (Å²) in [6.45, 7) is 6.38. The maximum Gasteiger partial charge on any atom is 0.0341 e. The zero-order valence-corrected chi connectivity index (χ0v) is 13.5. The predicted molar refractivity (Wildman–Crippen MR) is 87.9 cm³/mol. The summed E-state index contributed by atoms with van der Waals surface area (Å²) in [7, 11) is 0. The van der Waals surface area contributed by atoms with Crippen LogP contribution in [0.5, 0.6) is 0 Å². The summed E-state index contributed by atoms with van der Waals surface area (Å²) in [6, 6.07) is 12.6. The molecular formula is C15H19BrN2S. The molecule has 2 rings (SSSR count). The van der Waals surface area contributed by atoms with E-state index in [-0.39, 0.29) is 0 Å². The molecule has 0 bridgehead atoms. The number of anilines is 1. The lowest BCUT2D eigenvalue weighted by Gasteiger charge is -2.20. The van der Waals surface area contributed by atoms with Crippen LogP contribution in [-0.4, -0.2) is 24.5 Å². The second-order valence-electron chi connectivity index (χ2n) is 4.38. The first kappa shape index (κ1) is 14.6. The van der Waals surface area contributed by atoms with Crippen molar-refractivity contribution < 1.29 is 0 Å². The van der Waals surface area contributed by atoms with Crippen molar-refractivity contribution in [2.75, 3.05) is 25.0 Å². The fourth-order valence-corrected chi connectivity index (χ4v) is 2.91. The lowest BCUT2D eigenvalue weighted by Crippen LogP contribution is -2.28. The molecule has 102 valence electrons. The van der Waals surface area contributed by atoms with E-state index in [0.717, 1.165) is 30.7 Å². The Hall–Kier alpha value is -0.840. The van der Waals surface area contributed by atoms with E-state index in [0.29, 0.717) is 0 Å². The molecule has 0 saturated heterocycles. The van der Waals surface area contributed by atoms with Gasteiger partial charge in [0.15, 0.2) is 0 Å². The normalized spacial score (nSPS) is 10.9. The Bertz CT molecular complexity index is 467. The summed E-state index contributed by atoms with van der Waals surface area (Å²) < 4.78 is 1.12. The maximum absolute atomic E-state index is 3.46. The average molecular weight is 339 g/mol. The summed E-state index contributed by atoms with van der Waals surface area (Å²) in [5.41, 5.74) is 1.18. The maximum atomic E-state index is 3.46. The number of rotatable bonds is 7. The van der Waals surface area contributed by atoms with E-state index < -0.39 is 0 Å². The second kappa shape index (κ2) is 7.68. The molecule has 0 aliphatic carbocycles. The Morgan fingerprint density at radius 3 is 2.63 bits per heavy atom.